The van der Waals surface area contributed by atoms with Crippen LogP contribution in [0.25, 0.3) is 0 Å². The quantitative estimate of drug-likeness (QED) is 0.539. The predicted molar refractivity (Wildman–Crippen MR) is 54.6 cm³/mol. The minimum Gasteiger partial charge on any atom is -0.248 e. The van der Waals surface area contributed by atoms with Crippen LogP contribution in [-0.2, 0) is 0 Å². The van der Waals surface area contributed by atoms with E-state index in [0.717, 1.165) is 12.2 Å². The molecule has 0 saturated carbocycles. The van der Waals surface area contributed by atoms with Crippen molar-refractivity contribution in [2.75, 3.05) is 5.75 Å². The summed E-state index contributed by atoms with van der Waals surface area (Å²) >= 11 is 9.77. The SMILES string of the molecule is SCCC#Cc1cc(Cl)ccn1. The highest BCUT2D eigenvalue weighted by Gasteiger charge is 1.88. The Morgan fingerprint density at radius 1 is 1.58 bits per heavy atom. The average molecular weight is 198 g/mol. The molecule has 0 aliphatic carbocycles. The van der Waals surface area contributed by atoms with Gasteiger partial charge in [-0.05, 0) is 18.1 Å². The first-order valence-electron chi connectivity index (χ1n) is 3.54. The number of halogens is 1. The summed E-state index contributed by atoms with van der Waals surface area (Å²) in [6, 6.07) is 3.47. The Hall–Kier alpha value is -0.650. The van der Waals surface area contributed by atoms with Gasteiger partial charge in [-0.3, -0.25) is 0 Å². The van der Waals surface area contributed by atoms with Crippen LogP contribution < -0.4 is 0 Å². The standard InChI is InChI=1S/C9H8ClNS/c10-8-4-5-11-9(7-8)3-1-2-6-12/h4-5,7,12H,2,6H2. The Kier molecular flexibility index (Phi) is 3.99. The zero-order chi connectivity index (χ0) is 8.81. The molecule has 0 unspecified atom stereocenters. The maximum absolute atomic E-state index is 5.73. The number of pyridine rings is 1. The highest BCUT2D eigenvalue weighted by Crippen LogP contribution is 2.06. The van der Waals surface area contributed by atoms with Crippen LogP contribution in [0.2, 0.25) is 5.02 Å². The third-order valence-electron chi connectivity index (χ3n) is 1.18. The molecule has 0 fully saturated rings. The summed E-state index contributed by atoms with van der Waals surface area (Å²) in [5.41, 5.74) is 0.712. The first kappa shape index (κ1) is 9.44. The van der Waals surface area contributed by atoms with Crippen LogP contribution >= 0.6 is 24.2 Å². The third kappa shape index (κ3) is 3.17. The Morgan fingerprint density at radius 3 is 3.08 bits per heavy atom. The zero-order valence-electron chi connectivity index (χ0n) is 6.42. The molecule has 1 nitrogen and oxygen atoms in total. The second-order valence-electron chi connectivity index (χ2n) is 2.13. The van der Waals surface area contributed by atoms with Gasteiger partial charge in [0, 0.05) is 23.4 Å². The summed E-state index contributed by atoms with van der Waals surface area (Å²) in [6.07, 6.45) is 2.42. The number of aromatic nitrogens is 1. The van der Waals surface area contributed by atoms with Gasteiger partial charge in [-0.25, -0.2) is 4.98 Å². The zero-order valence-corrected chi connectivity index (χ0v) is 8.07. The molecule has 0 aromatic carbocycles. The van der Waals surface area contributed by atoms with Crippen molar-refractivity contribution in [1.82, 2.24) is 4.98 Å². The summed E-state index contributed by atoms with van der Waals surface area (Å²) in [5, 5.41) is 0.667. The summed E-state index contributed by atoms with van der Waals surface area (Å²) in [6.45, 7) is 0. The van der Waals surface area contributed by atoms with E-state index in [1.54, 1.807) is 18.3 Å². The monoisotopic (exact) mass is 197 g/mol. The molecule has 1 aromatic rings. The van der Waals surface area contributed by atoms with Gasteiger partial charge in [-0.1, -0.05) is 17.5 Å². The van der Waals surface area contributed by atoms with Crippen LogP contribution in [0.15, 0.2) is 18.3 Å². The van der Waals surface area contributed by atoms with E-state index in [4.69, 9.17) is 11.6 Å². The van der Waals surface area contributed by atoms with Gasteiger partial charge >= 0.3 is 0 Å². The molecule has 62 valence electrons. The Morgan fingerprint density at radius 2 is 2.42 bits per heavy atom. The van der Waals surface area contributed by atoms with E-state index in [1.807, 2.05) is 0 Å². The van der Waals surface area contributed by atoms with Gasteiger partial charge < -0.3 is 0 Å². The van der Waals surface area contributed by atoms with Gasteiger partial charge in [0.05, 0.1) is 0 Å². The van der Waals surface area contributed by atoms with E-state index < -0.39 is 0 Å². The van der Waals surface area contributed by atoms with Crippen molar-refractivity contribution in [2.24, 2.45) is 0 Å². The molecular formula is C9H8ClNS. The van der Waals surface area contributed by atoms with Crippen LogP contribution in [-0.4, -0.2) is 10.7 Å². The Labute approximate surface area is 82.6 Å². The molecule has 0 bridgehead atoms. The van der Waals surface area contributed by atoms with Crippen molar-refractivity contribution in [3.05, 3.63) is 29.0 Å². The molecule has 0 N–H and O–H groups in total. The topological polar surface area (TPSA) is 12.9 Å². The molecule has 0 aliphatic heterocycles. The van der Waals surface area contributed by atoms with Crippen LogP contribution in [0.5, 0.6) is 0 Å². The lowest BCUT2D eigenvalue weighted by molar-refractivity contribution is 1.27. The van der Waals surface area contributed by atoms with Crippen molar-refractivity contribution in [2.45, 2.75) is 6.42 Å². The van der Waals surface area contributed by atoms with Crippen molar-refractivity contribution in [1.29, 1.82) is 0 Å². The van der Waals surface area contributed by atoms with E-state index in [2.05, 4.69) is 29.5 Å². The van der Waals surface area contributed by atoms with E-state index in [0.29, 0.717) is 10.7 Å². The molecule has 0 atom stereocenters. The Balaban J connectivity index is 2.71. The lowest BCUT2D eigenvalue weighted by Gasteiger charge is -1.89. The molecule has 12 heavy (non-hydrogen) atoms. The van der Waals surface area contributed by atoms with Gasteiger partial charge in [0.2, 0.25) is 0 Å². The fourth-order valence-corrected chi connectivity index (χ4v) is 0.954. The first-order valence-corrected chi connectivity index (χ1v) is 4.55. The second-order valence-corrected chi connectivity index (χ2v) is 3.02. The summed E-state index contributed by atoms with van der Waals surface area (Å²) < 4.78 is 0. The highest BCUT2D eigenvalue weighted by atomic mass is 35.5. The molecular weight excluding hydrogens is 190 g/mol. The maximum atomic E-state index is 5.73. The van der Waals surface area contributed by atoms with Crippen molar-refractivity contribution < 1.29 is 0 Å². The van der Waals surface area contributed by atoms with Crippen LogP contribution in [0.1, 0.15) is 12.1 Å². The third-order valence-corrected chi connectivity index (χ3v) is 1.63. The molecule has 0 spiro atoms. The fourth-order valence-electron chi connectivity index (χ4n) is 0.682. The highest BCUT2D eigenvalue weighted by molar-refractivity contribution is 7.80. The van der Waals surface area contributed by atoms with Gasteiger partial charge in [0.1, 0.15) is 5.69 Å². The number of hydrogen-bond donors (Lipinski definition) is 1. The summed E-state index contributed by atoms with van der Waals surface area (Å²) in [4.78, 5) is 4.03. The van der Waals surface area contributed by atoms with Crippen molar-refractivity contribution in [3.8, 4) is 11.8 Å². The van der Waals surface area contributed by atoms with Crippen LogP contribution in [0, 0.1) is 11.8 Å². The molecule has 1 rings (SSSR count). The largest absolute Gasteiger partial charge is 0.248 e. The predicted octanol–water partition coefficient (Wildman–Crippen LogP) is 2.41. The number of nitrogens with zero attached hydrogens (tertiary/aromatic N) is 1. The second kappa shape index (κ2) is 5.08. The fraction of sp³-hybridized carbons (Fsp3) is 0.222. The van der Waals surface area contributed by atoms with E-state index in [-0.39, 0.29) is 0 Å². The molecule has 0 saturated heterocycles. The normalized spacial score (nSPS) is 8.83. The maximum Gasteiger partial charge on any atom is 0.114 e. The molecule has 0 radical (unpaired) electrons. The molecule has 3 heteroatoms. The lowest BCUT2D eigenvalue weighted by atomic mass is 10.3. The van der Waals surface area contributed by atoms with Gasteiger partial charge in [0.25, 0.3) is 0 Å². The average Bonchev–Trinajstić information content (AvgIpc) is 2.05. The van der Waals surface area contributed by atoms with Gasteiger partial charge in [0.15, 0.2) is 0 Å². The van der Waals surface area contributed by atoms with Crippen LogP contribution in [0.4, 0.5) is 0 Å². The number of thiol groups is 1. The molecule has 1 heterocycles. The molecule has 0 aliphatic rings. The minimum atomic E-state index is 0.667. The molecule has 0 amide bonds. The van der Waals surface area contributed by atoms with Crippen LogP contribution in [0.3, 0.4) is 0 Å². The summed E-state index contributed by atoms with van der Waals surface area (Å²) in [7, 11) is 0. The summed E-state index contributed by atoms with van der Waals surface area (Å²) in [5.74, 6) is 6.59. The van der Waals surface area contributed by atoms with Crippen molar-refractivity contribution >= 4 is 24.2 Å². The van der Waals surface area contributed by atoms with E-state index in [9.17, 15) is 0 Å². The van der Waals surface area contributed by atoms with Crippen molar-refractivity contribution in [3.63, 3.8) is 0 Å². The minimum absolute atomic E-state index is 0.667. The lowest BCUT2D eigenvalue weighted by Crippen LogP contribution is -1.80. The van der Waals surface area contributed by atoms with Gasteiger partial charge in [-0.2, -0.15) is 12.6 Å². The first-order chi connectivity index (χ1) is 5.83. The Bertz CT molecular complexity index is 314. The smallest absolute Gasteiger partial charge is 0.114 e. The molecule has 1 aromatic heterocycles. The van der Waals surface area contributed by atoms with E-state index in [1.165, 1.54) is 0 Å². The number of hydrogen-bond acceptors (Lipinski definition) is 2. The number of rotatable bonds is 1. The van der Waals surface area contributed by atoms with Gasteiger partial charge in [-0.15, -0.1) is 0 Å². The van der Waals surface area contributed by atoms with E-state index >= 15 is 0 Å².